The summed E-state index contributed by atoms with van der Waals surface area (Å²) in [6.07, 6.45) is -4.26. The zero-order valence-electron chi connectivity index (χ0n) is 17.7. The maximum Gasteiger partial charge on any atom is 0.490 e. The van der Waals surface area contributed by atoms with E-state index in [-0.39, 0.29) is 24.8 Å². The van der Waals surface area contributed by atoms with Crippen LogP contribution in [0, 0.1) is 0 Å². The third kappa shape index (κ3) is 11.6. The molecule has 186 valence electrons. The quantitative estimate of drug-likeness (QED) is 0.320. The van der Waals surface area contributed by atoms with Gasteiger partial charge in [-0.25, -0.2) is 4.79 Å². The van der Waals surface area contributed by atoms with Gasteiger partial charge in [-0.2, -0.15) is 13.2 Å². The Bertz CT molecular complexity index is 965. The van der Waals surface area contributed by atoms with E-state index in [2.05, 4.69) is 15.8 Å². The highest BCUT2D eigenvalue weighted by atomic mass is 19.4. The fourth-order valence-electron chi connectivity index (χ4n) is 2.33. The van der Waals surface area contributed by atoms with E-state index in [9.17, 15) is 27.6 Å². The average molecular weight is 488 g/mol. The molecule has 2 amide bonds. The minimum Gasteiger partial charge on any atom is -0.480 e. The highest BCUT2D eigenvalue weighted by molar-refractivity contribution is 5.82. The van der Waals surface area contributed by atoms with Gasteiger partial charge in [0.1, 0.15) is 6.54 Å². The number of halogens is 3. The molecule has 1 heterocycles. The third-order valence-corrected chi connectivity index (χ3v) is 3.97. The number of carboxylic acid groups (broad SMARTS) is 2. The molecule has 0 saturated heterocycles. The molecule has 0 aliphatic heterocycles. The maximum atomic E-state index is 12.1. The molecule has 1 aromatic carbocycles. The number of hydrogen-bond donors (Lipinski definition) is 5. The number of nitrogens with two attached hydrogens (primary N) is 1. The van der Waals surface area contributed by atoms with Crippen molar-refractivity contribution in [1.29, 1.82) is 0 Å². The lowest BCUT2D eigenvalue weighted by molar-refractivity contribution is -0.192. The van der Waals surface area contributed by atoms with Crippen LogP contribution in [0.15, 0.2) is 40.9 Å². The summed E-state index contributed by atoms with van der Waals surface area (Å²) in [7, 11) is 0. The molecule has 14 heteroatoms. The summed E-state index contributed by atoms with van der Waals surface area (Å²) in [5.74, 6) is -4.11. The number of aliphatic carboxylic acids is 2. The molecule has 0 aliphatic carbocycles. The molecule has 6 N–H and O–H groups in total. The Kier molecular flexibility index (Phi) is 11.2. The Balaban J connectivity index is 0.000000718. The first kappa shape index (κ1) is 28.1. The van der Waals surface area contributed by atoms with Gasteiger partial charge < -0.3 is 31.1 Å². The molecule has 11 nitrogen and oxygen atoms in total. The molecule has 2 rings (SSSR count). The molecule has 2 aromatic rings. The monoisotopic (exact) mass is 488 g/mol. The predicted octanol–water partition coefficient (Wildman–Crippen LogP) is 0.627. The fraction of sp³-hybridized carbons (Fsp3) is 0.350. The highest BCUT2D eigenvalue weighted by Gasteiger charge is 2.38. The predicted molar refractivity (Wildman–Crippen MR) is 109 cm³/mol. The van der Waals surface area contributed by atoms with Gasteiger partial charge in [0.25, 0.3) is 0 Å². The van der Waals surface area contributed by atoms with Crippen molar-refractivity contribution < 1.29 is 47.1 Å². The van der Waals surface area contributed by atoms with Gasteiger partial charge in [0, 0.05) is 18.9 Å². The van der Waals surface area contributed by atoms with Crippen molar-refractivity contribution in [3.63, 3.8) is 0 Å². The lowest BCUT2D eigenvalue weighted by Gasteiger charge is -2.11. The number of alkyl halides is 3. The fourth-order valence-corrected chi connectivity index (χ4v) is 2.33. The van der Waals surface area contributed by atoms with Crippen LogP contribution in [0.3, 0.4) is 0 Å². The summed E-state index contributed by atoms with van der Waals surface area (Å²) in [6, 6.07) is 10.4. The number of amides is 2. The number of rotatable bonds is 10. The lowest BCUT2D eigenvalue weighted by atomic mass is 10.1. The first-order valence-electron chi connectivity index (χ1n) is 9.68. The first-order valence-corrected chi connectivity index (χ1v) is 9.68. The van der Waals surface area contributed by atoms with Crippen molar-refractivity contribution in [1.82, 2.24) is 15.8 Å². The van der Waals surface area contributed by atoms with Gasteiger partial charge in [-0.05, 0) is 12.0 Å². The summed E-state index contributed by atoms with van der Waals surface area (Å²) < 4.78 is 36.8. The molecule has 0 saturated carbocycles. The van der Waals surface area contributed by atoms with E-state index >= 15 is 0 Å². The van der Waals surface area contributed by atoms with Crippen molar-refractivity contribution in [2.24, 2.45) is 5.73 Å². The zero-order valence-corrected chi connectivity index (χ0v) is 17.7. The van der Waals surface area contributed by atoms with Gasteiger partial charge in [0.2, 0.25) is 11.8 Å². The summed E-state index contributed by atoms with van der Waals surface area (Å²) >= 11 is 0. The van der Waals surface area contributed by atoms with E-state index in [1.807, 2.05) is 30.3 Å². The van der Waals surface area contributed by atoms with E-state index in [1.54, 1.807) is 6.07 Å². The molecular weight excluding hydrogens is 465 g/mol. The van der Waals surface area contributed by atoms with Crippen molar-refractivity contribution in [3.8, 4) is 0 Å². The van der Waals surface area contributed by atoms with Gasteiger partial charge in [-0.3, -0.25) is 14.4 Å². The number of carbonyl (C=O) groups is 4. The Labute approximate surface area is 191 Å². The number of nitrogens with one attached hydrogen (secondary N) is 2. The topological polar surface area (TPSA) is 185 Å². The minimum atomic E-state index is -5.08. The lowest BCUT2D eigenvalue weighted by Crippen LogP contribution is -2.41. The van der Waals surface area contributed by atoms with Crippen LogP contribution in [-0.2, 0) is 38.6 Å². The van der Waals surface area contributed by atoms with Crippen LogP contribution < -0.4 is 16.4 Å². The van der Waals surface area contributed by atoms with Gasteiger partial charge in [0.05, 0.1) is 18.3 Å². The average Bonchev–Trinajstić information content (AvgIpc) is 3.23. The van der Waals surface area contributed by atoms with Crippen LogP contribution in [0.5, 0.6) is 0 Å². The molecule has 0 unspecified atom stereocenters. The summed E-state index contributed by atoms with van der Waals surface area (Å²) in [5.41, 5.74) is 7.42. The van der Waals surface area contributed by atoms with Crippen LogP contribution in [0.25, 0.3) is 0 Å². The maximum absolute atomic E-state index is 12.1. The van der Waals surface area contributed by atoms with Crippen LogP contribution in [0.2, 0.25) is 0 Å². The van der Waals surface area contributed by atoms with E-state index in [0.29, 0.717) is 24.3 Å². The van der Waals surface area contributed by atoms with E-state index < -0.39 is 30.7 Å². The Morgan fingerprint density at radius 1 is 1.09 bits per heavy atom. The standard InChI is InChI=1S/C18H22N4O5.C2HF3O2/c19-15(8-12-4-2-1-3-5-12)18(26)21-10-14-9-13(22-27-14)6-7-16(23)20-11-17(24)25;3-2(4,5)1(6)7/h1-5,9,15H,6-8,10-11,19H2,(H,20,23)(H,21,26)(H,24,25);(H,6,7)/t15-;/m0./s1. The molecule has 0 spiro atoms. The van der Waals surface area contributed by atoms with Gasteiger partial charge in [0.15, 0.2) is 5.76 Å². The van der Waals surface area contributed by atoms with E-state index in [0.717, 1.165) is 5.56 Å². The molecule has 0 radical (unpaired) electrons. The van der Waals surface area contributed by atoms with Crippen LogP contribution in [0.1, 0.15) is 23.4 Å². The Morgan fingerprint density at radius 2 is 1.71 bits per heavy atom. The molecule has 0 bridgehead atoms. The SMILES string of the molecule is N[C@@H](Cc1ccccc1)C(=O)NCc1cc(CCC(=O)NCC(=O)O)no1.O=C(O)C(F)(F)F. The molecule has 0 aliphatic rings. The number of carbonyl (C=O) groups excluding carboxylic acids is 2. The van der Waals surface area contributed by atoms with Gasteiger partial charge in [-0.1, -0.05) is 35.5 Å². The van der Waals surface area contributed by atoms with Crippen molar-refractivity contribution in [2.45, 2.75) is 38.0 Å². The van der Waals surface area contributed by atoms with E-state index in [1.165, 1.54) is 0 Å². The largest absolute Gasteiger partial charge is 0.490 e. The number of nitrogens with zero attached hydrogens (tertiary/aromatic N) is 1. The zero-order chi connectivity index (χ0) is 25.7. The van der Waals surface area contributed by atoms with Crippen molar-refractivity contribution in [2.75, 3.05) is 6.54 Å². The summed E-state index contributed by atoms with van der Waals surface area (Å²) in [4.78, 5) is 42.8. The van der Waals surface area contributed by atoms with Crippen molar-refractivity contribution >= 4 is 23.8 Å². The smallest absolute Gasteiger partial charge is 0.480 e. The molecule has 1 aromatic heterocycles. The van der Waals surface area contributed by atoms with Crippen LogP contribution in [0.4, 0.5) is 13.2 Å². The van der Waals surface area contributed by atoms with E-state index in [4.69, 9.17) is 25.3 Å². The second-order valence-electron chi connectivity index (χ2n) is 6.77. The number of carboxylic acids is 2. The number of hydrogen-bond acceptors (Lipinski definition) is 7. The summed E-state index contributed by atoms with van der Waals surface area (Å²) in [6.45, 7) is -0.280. The van der Waals surface area contributed by atoms with Gasteiger partial charge in [-0.15, -0.1) is 0 Å². The number of aryl methyl sites for hydroxylation is 1. The second kappa shape index (κ2) is 13.6. The number of aromatic nitrogens is 1. The third-order valence-electron chi connectivity index (χ3n) is 3.97. The van der Waals surface area contributed by atoms with Crippen molar-refractivity contribution in [3.05, 3.63) is 53.4 Å². The minimum absolute atomic E-state index is 0.0908. The first-order chi connectivity index (χ1) is 15.9. The van der Waals surface area contributed by atoms with Gasteiger partial charge >= 0.3 is 18.1 Å². The molecule has 0 fully saturated rings. The normalized spacial score (nSPS) is 11.5. The molecule has 1 atom stereocenters. The number of benzene rings is 1. The highest BCUT2D eigenvalue weighted by Crippen LogP contribution is 2.13. The summed E-state index contributed by atoms with van der Waals surface area (Å²) in [5, 5.41) is 24.4. The Hall–Kier alpha value is -3.94. The Morgan fingerprint density at radius 3 is 2.26 bits per heavy atom. The van der Waals surface area contributed by atoms with Crippen LogP contribution in [-0.4, -0.2) is 57.9 Å². The van der Waals surface area contributed by atoms with Crippen LogP contribution >= 0.6 is 0 Å². The molecular formula is C20H23F3N4O7. The second-order valence-corrected chi connectivity index (χ2v) is 6.77. The molecule has 34 heavy (non-hydrogen) atoms.